The highest BCUT2D eigenvalue weighted by Crippen LogP contribution is 2.14. The van der Waals surface area contributed by atoms with E-state index in [4.69, 9.17) is 10.3 Å². The van der Waals surface area contributed by atoms with Crippen LogP contribution in [-0.4, -0.2) is 16.7 Å². The van der Waals surface area contributed by atoms with Crippen molar-refractivity contribution >= 4 is 11.3 Å². The van der Waals surface area contributed by atoms with Crippen LogP contribution in [0.4, 0.5) is 0 Å². The maximum Gasteiger partial charge on any atom is 0.226 e. The van der Waals surface area contributed by atoms with Gasteiger partial charge in [0.25, 0.3) is 0 Å². The number of nitrogens with two attached hydrogens (primary N) is 1. The zero-order chi connectivity index (χ0) is 12.8. The SMILES string of the molecule is CC(CCN)CCc1nc(Cc2cccs2)no1. The van der Waals surface area contributed by atoms with Crippen molar-refractivity contribution in [3.63, 3.8) is 0 Å². The van der Waals surface area contributed by atoms with Gasteiger partial charge in [-0.2, -0.15) is 4.98 Å². The summed E-state index contributed by atoms with van der Waals surface area (Å²) in [5.74, 6) is 2.13. The summed E-state index contributed by atoms with van der Waals surface area (Å²) in [5.41, 5.74) is 5.53. The van der Waals surface area contributed by atoms with Gasteiger partial charge in [-0.3, -0.25) is 0 Å². The van der Waals surface area contributed by atoms with Crippen LogP contribution in [0.5, 0.6) is 0 Å². The smallest absolute Gasteiger partial charge is 0.226 e. The Bertz CT molecular complexity index is 453. The van der Waals surface area contributed by atoms with Crippen molar-refractivity contribution in [2.45, 2.75) is 32.6 Å². The minimum atomic E-state index is 0.614. The summed E-state index contributed by atoms with van der Waals surface area (Å²) < 4.78 is 5.25. The molecule has 2 aromatic rings. The van der Waals surface area contributed by atoms with Crippen molar-refractivity contribution in [2.24, 2.45) is 11.7 Å². The van der Waals surface area contributed by atoms with E-state index in [-0.39, 0.29) is 0 Å². The quantitative estimate of drug-likeness (QED) is 0.836. The standard InChI is InChI=1S/C13H19N3OS/c1-10(6-7-14)4-5-13-15-12(16-17-13)9-11-3-2-8-18-11/h2-3,8,10H,4-7,9,14H2,1H3. The molecule has 2 N–H and O–H groups in total. The predicted octanol–water partition coefficient (Wildman–Crippen LogP) is 2.64. The fourth-order valence-corrected chi connectivity index (χ4v) is 2.53. The minimum absolute atomic E-state index is 0.614. The molecular formula is C13H19N3OS. The molecule has 0 bridgehead atoms. The van der Waals surface area contributed by atoms with Crippen molar-refractivity contribution in [2.75, 3.05) is 6.54 Å². The first-order chi connectivity index (χ1) is 8.78. The highest BCUT2D eigenvalue weighted by Gasteiger charge is 2.09. The van der Waals surface area contributed by atoms with Crippen molar-refractivity contribution < 1.29 is 4.52 Å². The second-order valence-electron chi connectivity index (χ2n) is 4.58. The van der Waals surface area contributed by atoms with Gasteiger partial charge in [-0.1, -0.05) is 18.1 Å². The van der Waals surface area contributed by atoms with Crippen LogP contribution in [0.3, 0.4) is 0 Å². The number of rotatable bonds is 7. The highest BCUT2D eigenvalue weighted by atomic mass is 32.1. The molecule has 98 valence electrons. The second kappa shape index (κ2) is 6.66. The van der Waals surface area contributed by atoms with Gasteiger partial charge in [0.05, 0.1) is 0 Å². The maximum absolute atomic E-state index is 5.53. The lowest BCUT2D eigenvalue weighted by Gasteiger charge is -2.06. The average Bonchev–Trinajstić information content (AvgIpc) is 2.99. The van der Waals surface area contributed by atoms with Gasteiger partial charge in [0.2, 0.25) is 5.89 Å². The van der Waals surface area contributed by atoms with E-state index in [1.807, 2.05) is 6.07 Å². The van der Waals surface area contributed by atoms with Gasteiger partial charge >= 0.3 is 0 Å². The van der Waals surface area contributed by atoms with Crippen LogP contribution in [0, 0.1) is 5.92 Å². The van der Waals surface area contributed by atoms with Crippen LogP contribution in [0.1, 0.15) is 36.4 Å². The molecule has 0 aliphatic carbocycles. The molecule has 2 aromatic heterocycles. The van der Waals surface area contributed by atoms with Crippen molar-refractivity contribution in [3.8, 4) is 0 Å². The molecule has 4 nitrogen and oxygen atoms in total. The van der Waals surface area contributed by atoms with E-state index in [1.54, 1.807) is 11.3 Å². The van der Waals surface area contributed by atoms with Crippen molar-refractivity contribution in [3.05, 3.63) is 34.1 Å². The Kier molecular flexibility index (Phi) is 4.90. The number of thiophene rings is 1. The van der Waals surface area contributed by atoms with Crippen molar-refractivity contribution in [1.82, 2.24) is 10.1 Å². The molecule has 0 saturated carbocycles. The van der Waals surface area contributed by atoms with Crippen LogP contribution >= 0.6 is 11.3 Å². The van der Waals surface area contributed by atoms with E-state index in [0.717, 1.165) is 43.9 Å². The molecule has 5 heteroatoms. The van der Waals surface area contributed by atoms with Crippen molar-refractivity contribution in [1.29, 1.82) is 0 Å². The maximum atomic E-state index is 5.53. The van der Waals surface area contributed by atoms with Crippen LogP contribution in [0.15, 0.2) is 22.0 Å². The summed E-state index contributed by atoms with van der Waals surface area (Å²) >= 11 is 1.72. The predicted molar refractivity (Wildman–Crippen MR) is 72.6 cm³/mol. The first-order valence-electron chi connectivity index (χ1n) is 6.32. The topological polar surface area (TPSA) is 64.9 Å². The van der Waals surface area contributed by atoms with Gasteiger partial charge in [0.15, 0.2) is 5.82 Å². The van der Waals surface area contributed by atoms with Gasteiger partial charge in [0.1, 0.15) is 0 Å². The third-order valence-corrected chi connectivity index (χ3v) is 3.81. The molecule has 0 saturated heterocycles. The second-order valence-corrected chi connectivity index (χ2v) is 5.61. The summed E-state index contributed by atoms with van der Waals surface area (Å²) in [7, 11) is 0. The molecule has 0 fully saturated rings. The Morgan fingerprint density at radius 2 is 2.33 bits per heavy atom. The summed E-state index contributed by atoms with van der Waals surface area (Å²) in [5, 5.41) is 6.07. The third-order valence-electron chi connectivity index (χ3n) is 2.93. The number of aryl methyl sites for hydroxylation is 1. The molecule has 0 aliphatic rings. The Balaban J connectivity index is 1.82. The van der Waals surface area contributed by atoms with Crippen LogP contribution < -0.4 is 5.73 Å². The summed E-state index contributed by atoms with van der Waals surface area (Å²) in [4.78, 5) is 5.68. The van der Waals surface area contributed by atoms with Gasteiger partial charge in [-0.15, -0.1) is 11.3 Å². The minimum Gasteiger partial charge on any atom is -0.339 e. The van der Waals surface area contributed by atoms with Gasteiger partial charge in [0, 0.05) is 17.7 Å². The van der Waals surface area contributed by atoms with E-state index >= 15 is 0 Å². The number of hydrogen-bond acceptors (Lipinski definition) is 5. The first kappa shape index (κ1) is 13.2. The molecule has 2 rings (SSSR count). The van der Waals surface area contributed by atoms with Gasteiger partial charge < -0.3 is 10.3 Å². The van der Waals surface area contributed by atoms with E-state index in [2.05, 4.69) is 28.5 Å². The number of nitrogens with zero attached hydrogens (tertiary/aromatic N) is 2. The van der Waals surface area contributed by atoms with Crippen LogP contribution in [0.2, 0.25) is 0 Å². The molecular weight excluding hydrogens is 246 g/mol. The summed E-state index contributed by atoms with van der Waals surface area (Å²) in [6.45, 7) is 2.95. The van der Waals surface area contributed by atoms with E-state index in [9.17, 15) is 0 Å². The molecule has 2 heterocycles. The normalized spacial score (nSPS) is 12.8. The third kappa shape index (κ3) is 3.92. The molecule has 18 heavy (non-hydrogen) atoms. The monoisotopic (exact) mass is 265 g/mol. The molecule has 0 aromatic carbocycles. The van der Waals surface area contributed by atoms with E-state index in [0.29, 0.717) is 5.92 Å². The lowest BCUT2D eigenvalue weighted by atomic mass is 10.0. The fraction of sp³-hybridized carbons (Fsp3) is 0.538. The lowest BCUT2D eigenvalue weighted by molar-refractivity contribution is 0.359. The molecule has 0 aliphatic heterocycles. The Labute approximate surface area is 111 Å². The van der Waals surface area contributed by atoms with E-state index < -0.39 is 0 Å². The Morgan fingerprint density at radius 3 is 3.06 bits per heavy atom. The van der Waals surface area contributed by atoms with Gasteiger partial charge in [-0.05, 0) is 36.8 Å². The Morgan fingerprint density at radius 1 is 1.44 bits per heavy atom. The molecule has 1 atom stereocenters. The molecule has 0 radical (unpaired) electrons. The van der Waals surface area contributed by atoms with Gasteiger partial charge in [-0.25, -0.2) is 0 Å². The summed E-state index contributed by atoms with van der Waals surface area (Å²) in [6.07, 6.45) is 3.71. The molecule has 0 amide bonds. The van der Waals surface area contributed by atoms with Crippen LogP contribution in [-0.2, 0) is 12.8 Å². The van der Waals surface area contributed by atoms with E-state index in [1.165, 1.54) is 4.88 Å². The molecule has 0 spiro atoms. The Hall–Kier alpha value is -1.20. The largest absolute Gasteiger partial charge is 0.339 e. The number of aromatic nitrogens is 2. The number of hydrogen-bond donors (Lipinski definition) is 1. The summed E-state index contributed by atoms with van der Waals surface area (Å²) in [6, 6.07) is 4.12. The first-order valence-corrected chi connectivity index (χ1v) is 7.20. The zero-order valence-electron chi connectivity index (χ0n) is 10.6. The lowest BCUT2D eigenvalue weighted by Crippen LogP contribution is -2.06. The zero-order valence-corrected chi connectivity index (χ0v) is 11.4. The van der Waals surface area contributed by atoms with Crippen LogP contribution in [0.25, 0.3) is 0 Å². The molecule has 1 unspecified atom stereocenters. The highest BCUT2D eigenvalue weighted by molar-refractivity contribution is 7.09. The average molecular weight is 265 g/mol. The fourth-order valence-electron chi connectivity index (χ4n) is 1.83.